The monoisotopic (exact) mass is 341 g/mol. The first-order valence-corrected chi connectivity index (χ1v) is 8.95. The summed E-state index contributed by atoms with van der Waals surface area (Å²) in [6.45, 7) is 11.2. The Morgan fingerprint density at radius 3 is 2.60 bits per heavy atom. The summed E-state index contributed by atoms with van der Waals surface area (Å²) in [5.41, 5.74) is 5.54. The van der Waals surface area contributed by atoms with E-state index in [-0.39, 0.29) is 23.8 Å². The van der Waals surface area contributed by atoms with Crippen LogP contribution >= 0.6 is 0 Å². The molecule has 0 spiro atoms. The highest BCUT2D eigenvalue weighted by molar-refractivity contribution is 5.95. The van der Waals surface area contributed by atoms with Crippen LogP contribution in [0.4, 0.5) is 0 Å². The molecule has 5 nitrogen and oxygen atoms in total. The smallest absolute Gasteiger partial charge is 0.243 e. The number of nitrogens with zero attached hydrogens (tertiary/aromatic N) is 1. The van der Waals surface area contributed by atoms with E-state index < -0.39 is 0 Å². The minimum absolute atomic E-state index is 0.0263. The van der Waals surface area contributed by atoms with Crippen molar-refractivity contribution in [1.29, 1.82) is 0 Å². The number of piperazine rings is 1. The van der Waals surface area contributed by atoms with Gasteiger partial charge in [0.15, 0.2) is 0 Å². The maximum absolute atomic E-state index is 13.1. The molecule has 0 unspecified atom stereocenters. The summed E-state index contributed by atoms with van der Waals surface area (Å²) >= 11 is 0. The van der Waals surface area contributed by atoms with Crippen LogP contribution in [0.25, 0.3) is 10.9 Å². The van der Waals surface area contributed by atoms with Crippen LogP contribution in [0.5, 0.6) is 0 Å². The van der Waals surface area contributed by atoms with Crippen LogP contribution < -0.4 is 5.32 Å². The number of carbonyl (C=O) groups is 2. The molecule has 0 saturated carbocycles. The van der Waals surface area contributed by atoms with E-state index >= 15 is 0 Å². The third-order valence-corrected chi connectivity index (χ3v) is 5.23. The molecule has 2 heterocycles. The average molecular weight is 341 g/mol. The van der Waals surface area contributed by atoms with Crippen LogP contribution in [0.1, 0.15) is 36.2 Å². The van der Waals surface area contributed by atoms with Gasteiger partial charge in [0.05, 0.1) is 6.42 Å². The summed E-state index contributed by atoms with van der Waals surface area (Å²) in [4.78, 5) is 30.5. The molecule has 1 aliphatic heterocycles. The van der Waals surface area contributed by atoms with Crippen LogP contribution in [-0.4, -0.2) is 40.8 Å². The first kappa shape index (κ1) is 17.5. The third kappa shape index (κ3) is 3.03. The Labute approximate surface area is 148 Å². The van der Waals surface area contributed by atoms with Crippen molar-refractivity contribution in [2.75, 3.05) is 13.1 Å². The highest BCUT2D eigenvalue weighted by atomic mass is 16.2. The van der Waals surface area contributed by atoms with Crippen molar-refractivity contribution in [3.8, 4) is 0 Å². The first-order chi connectivity index (χ1) is 11.8. The lowest BCUT2D eigenvalue weighted by Crippen LogP contribution is -2.59. The number of fused-ring (bicyclic) bond motifs is 1. The highest BCUT2D eigenvalue weighted by Gasteiger charge is 2.35. The van der Waals surface area contributed by atoms with Crippen molar-refractivity contribution in [1.82, 2.24) is 15.2 Å². The van der Waals surface area contributed by atoms with Gasteiger partial charge in [-0.05, 0) is 43.4 Å². The molecule has 5 heteroatoms. The molecule has 1 aromatic carbocycles. The number of hydrogen-bond acceptors (Lipinski definition) is 2. The molecule has 25 heavy (non-hydrogen) atoms. The SMILES string of the molecule is Cc1[nH]c2c(C)ccc(C)c2c1CC(=O)N1CCNC(=O)[C@@H]1C(C)C. The minimum atomic E-state index is -0.380. The second-order valence-electron chi connectivity index (χ2n) is 7.42. The number of aromatic amines is 1. The van der Waals surface area contributed by atoms with Gasteiger partial charge in [-0.3, -0.25) is 9.59 Å². The van der Waals surface area contributed by atoms with Gasteiger partial charge in [-0.25, -0.2) is 0 Å². The standard InChI is InChI=1S/C20H27N3O2/c1-11(2)19-20(25)21-8-9-23(19)16(24)10-15-14(5)22-18-13(4)7-6-12(3)17(15)18/h6-7,11,19,22H,8-10H2,1-5H3,(H,21,25)/t19-/m0/s1. The Kier molecular flexibility index (Phi) is 4.58. The number of hydrogen-bond donors (Lipinski definition) is 2. The van der Waals surface area contributed by atoms with Gasteiger partial charge >= 0.3 is 0 Å². The molecule has 134 valence electrons. The van der Waals surface area contributed by atoms with E-state index in [2.05, 4.69) is 36.3 Å². The van der Waals surface area contributed by atoms with Gasteiger partial charge in [-0.1, -0.05) is 26.0 Å². The van der Waals surface area contributed by atoms with Gasteiger partial charge < -0.3 is 15.2 Å². The Hall–Kier alpha value is -2.30. The molecule has 1 aliphatic rings. The highest BCUT2D eigenvalue weighted by Crippen LogP contribution is 2.29. The van der Waals surface area contributed by atoms with Gasteiger partial charge in [-0.2, -0.15) is 0 Å². The number of H-pyrrole nitrogens is 1. The maximum Gasteiger partial charge on any atom is 0.243 e. The molecule has 2 aromatic rings. The predicted molar refractivity (Wildman–Crippen MR) is 99.6 cm³/mol. The van der Waals surface area contributed by atoms with E-state index in [1.807, 2.05) is 20.8 Å². The second-order valence-corrected chi connectivity index (χ2v) is 7.42. The molecule has 0 aliphatic carbocycles. The number of amides is 2. The van der Waals surface area contributed by atoms with Crippen molar-refractivity contribution in [3.63, 3.8) is 0 Å². The summed E-state index contributed by atoms with van der Waals surface area (Å²) in [5.74, 6) is 0.0769. The number of aryl methyl sites for hydroxylation is 3. The largest absolute Gasteiger partial charge is 0.358 e. The van der Waals surface area contributed by atoms with Crippen molar-refractivity contribution in [2.24, 2.45) is 5.92 Å². The number of nitrogens with one attached hydrogen (secondary N) is 2. The fraction of sp³-hybridized carbons (Fsp3) is 0.500. The zero-order valence-corrected chi connectivity index (χ0v) is 15.7. The Balaban J connectivity index is 1.96. The van der Waals surface area contributed by atoms with Crippen LogP contribution in [-0.2, 0) is 16.0 Å². The first-order valence-electron chi connectivity index (χ1n) is 8.95. The van der Waals surface area contributed by atoms with Gasteiger partial charge in [0.2, 0.25) is 11.8 Å². The molecule has 0 bridgehead atoms. The maximum atomic E-state index is 13.1. The fourth-order valence-corrected chi connectivity index (χ4v) is 3.91. The minimum Gasteiger partial charge on any atom is -0.358 e. The molecule has 2 N–H and O–H groups in total. The Bertz CT molecular complexity index is 835. The molecular weight excluding hydrogens is 314 g/mol. The Morgan fingerprint density at radius 1 is 1.24 bits per heavy atom. The van der Waals surface area contributed by atoms with Gasteiger partial charge in [0.1, 0.15) is 6.04 Å². The van der Waals surface area contributed by atoms with Gasteiger partial charge in [0.25, 0.3) is 0 Å². The van der Waals surface area contributed by atoms with Crippen LogP contribution in [0.2, 0.25) is 0 Å². The van der Waals surface area contributed by atoms with Crippen molar-refractivity contribution in [2.45, 2.75) is 47.1 Å². The number of rotatable bonds is 3. The van der Waals surface area contributed by atoms with E-state index in [1.165, 1.54) is 11.1 Å². The lowest BCUT2D eigenvalue weighted by Gasteiger charge is -2.37. The molecule has 1 atom stereocenters. The number of aromatic nitrogens is 1. The van der Waals surface area contributed by atoms with Crippen molar-refractivity contribution in [3.05, 3.63) is 34.5 Å². The average Bonchev–Trinajstić information content (AvgIpc) is 2.88. The van der Waals surface area contributed by atoms with E-state index in [4.69, 9.17) is 0 Å². The van der Waals surface area contributed by atoms with Crippen LogP contribution in [0, 0.1) is 26.7 Å². The molecular formula is C20H27N3O2. The summed E-state index contributed by atoms with van der Waals surface area (Å²) in [6.07, 6.45) is 0.326. The van der Waals surface area contributed by atoms with Crippen molar-refractivity contribution < 1.29 is 9.59 Å². The fourth-order valence-electron chi connectivity index (χ4n) is 3.91. The van der Waals surface area contributed by atoms with E-state index in [0.29, 0.717) is 19.5 Å². The normalized spacial score (nSPS) is 18.1. The third-order valence-electron chi connectivity index (χ3n) is 5.23. The summed E-state index contributed by atoms with van der Waals surface area (Å²) in [7, 11) is 0. The van der Waals surface area contributed by atoms with Crippen LogP contribution in [0.15, 0.2) is 12.1 Å². The van der Waals surface area contributed by atoms with E-state index in [9.17, 15) is 9.59 Å². The number of benzene rings is 1. The molecule has 1 aromatic heterocycles. The summed E-state index contributed by atoms with van der Waals surface area (Å²) < 4.78 is 0. The molecule has 1 fully saturated rings. The Morgan fingerprint density at radius 2 is 1.92 bits per heavy atom. The zero-order valence-electron chi connectivity index (χ0n) is 15.7. The van der Waals surface area contributed by atoms with Crippen LogP contribution in [0.3, 0.4) is 0 Å². The van der Waals surface area contributed by atoms with Crippen molar-refractivity contribution >= 4 is 22.7 Å². The second kappa shape index (κ2) is 6.54. The molecule has 0 radical (unpaired) electrons. The quantitative estimate of drug-likeness (QED) is 0.901. The van der Waals surface area contributed by atoms with E-state index in [1.54, 1.807) is 4.90 Å². The summed E-state index contributed by atoms with van der Waals surface area (Å²) in [6, 6.07) is 3.82. The number of carbonyl (C=O) groups excluding carboxylic acids is 2. The topological polar surface area (TPSA) is 65.2 Å². The van der Waals surface area contributed by atoms with E-state index in [0.717, 1.165) is 22.2 Å². The molecule has 3 rings (SSSR count). The molecule has 1 saturated heterocycles. The lowest BCUT2D eigenvalue weighted by atomic mass is 9.97. The zero-order chi connectivity index (χ0) is 18.3. The van der Waals surface area contributed by atoms with Gasteiger partial charge in [-0.15, -0.1) is 0 Å². The molecule has 2 amide bonds. The lowest BCUT2D eigenvalue weighted by molar-refractivity contribution is -0.144. The summed E-state index contributed by atoms with van der Waals surface area (Å²) in [5, 5.41) is 4.02. The van der Waals surface area contributed by atoms with Gasteiger partial charge in [0, 0.05) is 29.7 Å². The predicted octanol–water partition coefficient (Wildman–Crippen LogP) is 2.62.